The molecule has 1 unspecified atom stereocenters. The van der Waals surface area contributed by atoms with E-state index < -0.39 is 0 Å². The van der Waals surface area contributed by atoms with Gasteiger partial charge in [-0.15, -0.1) is 0 Å². The van der Waals surface area contributed by atoms with Crippen LogP contribution in [0, 0.1) is 5.92 Å². The minimum Gasteiger partial charge on any atom is -0.340 e. The molecule has 1 aromatic heterocycles. The highest BCUT2D eigenvalue weighted by atomic mass is 16.2. The predicted molar refractivity (Wildman–Crippen MR) is 95.6 cm³/mol. The third-order valence-corrected chi connectivity index (χ3v) is 5.54. The highest BCUT2D eigenvalue weighted by Crippen LogP contribution is 2.29. The fourth-order valence-electron chi connectivity index (χ4n) is 4.16. The summed E-state index contributed by atoms with van der Waals surface area (Å²) in [5.41, 5.74) is 1.26. The molecule has 134 valence electrons. The quantitative estimate of drug-likeness (QED) is 0.832. The number of carbonyl (C=O) groups is 1. The van der Waals surface area contributed by atoms with E-state index in [-0.39, 0.29) is 11.9 Å². The van der Waals surface area contributed by atoms with Crippen LogP contribution < -0.4 is 0 Å². The van der Waals surface area contributed by atoms with Gasteiger partial charge in [0, 0.05) is 38.4 Å². The van der Waals surface area contributed by atoms with Gasteiger partial charge in [0.25, 0.3) is 0 Å². The fraction of sp³-hybridized carbons (Fsp3) is 0.789. The first kappa shape index (κ1) is 17.5. The predicted octanol–water partition coefficient (Wildman–Crippen LogP) is 3.08. The van der Waals surface area contributed by atoms with Crippen molar-refractivity contribution in [1.82, 2.24) is 19.4 Å². The van der Waals surface area contributed by atoms with Crippen LogP contribution in [0.1, 0.15) is 64.6 Å². The van der Waals surface area contributed by atoms with Crippen molar-refractivity contribution in [1.29, 1.82) is 0 Å². The number of aromatic nitrogens is 2. The number of amides is 1. The van der Waals surface area contributed by atoms with Gasteiger partial charge in [-0.1, -0.05) is 33.1 Å². The van der Waals surface area contributed by atoms with Gasteiger partial charge < -0.3 is 9.47 Å². The van der Waals surface area contributed by atoms with E-state index in [2.05, 4.69) is 35.2 Å². The summed E-state index contributed by atoms with van der Waals surface area (Å²) in [6.07, 6.45) is 10.5. The maximum absolute atomic E-state index is 12.6. The molecule has 0 bridgehead atoms. The van der Waals surface area contributed by atoms with Gasteiger partial charge >= 0.3 is 0 Å². The highest BCUT2D eigenvalue weighted by Gasteiger charge is 2.32. The van der Waals surface area contributed by atoms with Crippen molar-refractivity contribution in [3.05, 3.63) is 18.2 Å². The summed E-state index contributed by atoms with van der Waals surface area (Å²) < 4.78 is 2.37. The lowest BCUT2D eigenvalue weighted by atomic mass is 9.95. The van der Waals surface area contributed by atoms with Gasteiger partial charge in [0.05, 0.1) is 18.1 Å². The molecule has 1 aromatic rings. The zero-order valence-electron chi connectivity index (χ0n) is 15.4. The van der Waals surface area contributed by atoms with Crippen LogP contribution in [-0.4, -0.2) is 50.9 Å². The lowest BCUT2D eigenvalue weighted by Crippen LogP contribution is -2.56. The summed E-state index contributed by atoms with van der Waals surface area (Å²) >= 11 is 0. The van der Waals surface area contributed by atoms with Crippen LogP contribution in [0.25, 0.3) is 0 Å². The molecule has 24 heavy (non-hydrogen) atoms. The zero-order chi connectivity index (χ0) is 17.1. The number of hydrogen-bond acceptors (Lipinski definition) is 3. The van der Waals surface area contributed by atoms with Gasteiger partial charge in [0.1, 0.15) is 0 Å². The zero-order valence-corrected chi connectivity index (χ0v) is 15.4. The van der Waals surface area contributed by atoms with E-state index in [1.807, 2.05) is 17.4 Å². The SMILES string of the molecule is CC(C)CN1CCN(Cc2cncn2C2CCCCC2)C(C)C1=O. The van der Waals surface area contributed by atoms with Crippen molar-refractivity contribution in [2.24, 2.45) is 5.92 Å². The van der Waals surface area contributed by atoms with Gasteiger partial charge in [-0.2, -0.15) is 0 Å². The molecule has 0 aromatic carbocycles. The minimum atomic E-state index is -0.0350. The van der Waals surface area contributed by atoms with E-state index in [0.717, 1.165) is 26.2 Å². The van der Waals surface area contributed by atoms with Crippen LogP contribution in [0.3, 0.4) is 0 Å². The first-order valence-electron chi connectivity index (χ1n) is 9.59. The van der Waals surface area contributed by atoms with Crippen molar-refractivity contribution in [3.63, 3.8) is 0 Å². The second-order valence-electron chi connectivity index (χ2n) is 7.91. The molecule has 1 aliphatic carbocycles. The Balaban J connectivity index is 1.65. The Bertz CT molecular complexity index is 547. The van der Waals surface area contributed by atoms with E-state index in [1.54, 1.807) is 0 Å². The number of carbonyl (C=O) groups excluding carboxylic acids is 1. The molecule has 0 radical (unpaired) electrons. The lowest BCUT2D eigenvalue weighted by molar-refractivity contribution is -0.142. The topological polar surface area (TPSA) is 41.4 Å². The summed E-state index contributed by atoms with van der Waals surface area (Å²) in [5, 5.41) is 0. The lowest BCUT2D eigenvalue weighted by Gasteiger charge is -2.40. The van der Waals surface area contributed by atoms with E-state index in [9.17, 15) is 4.79 Å². The molecule has 5 nitrogen and oxygen atoms in total. The second kappa shape index (κ2) is 7.68. The molecule has 1 saturated carbocycles. The molecular formula is C19H32N4O. The van der Waals surface area contributed by atoms with E-state index in [0.29, 0.717) is 12.0 Å². The number of piperazine rings is 1. The van der Waals surface area contributed by atoms with E-state index in [4.69, 9.17) is 0 Å². The van der Waals surface area contributed by atoms with Crippen molar-refractivity contribution in [2.75, 3.05) is 19.6 Å². The van der Waals surface area contributed by atoms with Crippen molar-refractivity contribution in [2.45, 2.75) is 71.5 Å². The van der Waals surface area contributed by atoms with Gasteiger partial charge in [0.2, 0.25) is 5.91 Å². The van der Waals surface area contributed by atoms with Crippen LogP contribution in [0.4, 0.5) is 0 Å². The Kier molecular flexibility index (Phi) is 5.59. The van der Waals surface area contributed by atoms with Crippen LogP contribution in [-0.2, 0) is 11.3 Å². The Hall–Kier alpha value is -1.36. The van der Waals surface area contributed by atoms with Crippen LogP contribution in [0.15, 0.2) is 12.5 Å². The number of imidazole rings is 1. The third kappa shape index (κ3) is 3.82. The summed E-state index contributed by atoms with van der Waals surface area (Å²) in [7, 11) is 0. The first-order valence-corrected chi connectivity index (χ1v) is 9.59. The molecule has 3 rings (SSSR count). The standard InChI is InChI=1S/C19H32N4O/c1-15(2)12-22-10-9-21(16(3)19(22)24)13-18-11-20-14-23(18)17-7-5-4-6-8-17/h11,14-17H,4-10,12-13H2,1-3H3. The van der Waals surface area contributed by atoms with Crippen LogP contribution in [0.5, 0.6) is 0 Å². The molecule has 1 saturated heterocycles. The minimum absolute atomic E-state index is 0.0350. The maximum Gasteiger partial charge on any atom is 0.239 e. The van der Waals surface area contributed by atoms with Crippen LogP contribution in [0.2, 0.25) is 0 Å². The van der Waals surface area contributed by atoms with Gasteiger partial charge in [-0.25, -0.2) is 4.98 Å². The number of rotatable bonds is 5. The van der Waals surface area contributed by atoms with Gasteiger partial charge in [-0.05, 0) is 25.7 Å². The third-order valence-electron chi connectivity index (χ3n) is 5.54. The first-order chi connectivity index (χ1) is 11.6. The summed E-state index contributed by atoms with van der Waals surface area (Å²) in [5.74, 6) is 0.805. The van der Waals surface area contributed by atoms with Gasteiger partial charge in [-0.3, -0.25) is 9.69 Å². The molecule has 5 heteroatoms. The Morgan fingerprint density at radius 1 is 1.21 bits per heavy atom. The monoisotopic (exact) mass is 332 g/mol. The Labute approximate surface area is 146 Å². The smallest absolute Gasteiger partial charge is 0.239 e. The summed E-state index contributed by atoms with van der Waals surface area (Å²) in [4.78, 5) is 21.4. The Morgan fingerprint density at radius 3 is 2.67 bits per heavy atom. The molecular weight excluding hydrogens is 300 g/mol. The summed E-state index contributed by atoms with van der Waals surface area (Å²) in [6, 6.07) is 0.566. The molecule has 1 aliphatic heterocycles. The van der Waals surface area contributed by atoms with Crippen LogP contribution >= 0.6 is 0 Å². The average Bonchev–Trinajstić information content (AvgIpc) is 3.03. The molecule has 2 heterocycles. The highest BCUT2D eigenvalue weighted by molar-refractivity contribution is 5.82. The normalized spacial score (nSPS) is 24.1. The maximum atomic E-state index is 12.6. The van der Waals surface area contributed by atoms with E-state index in [1.165, 1.54) is 37.8 Å². The molecule has 1 atom stereocenters. The van der Waals surface area contributed by atoms with E-state index >= 15 is 0 Å². The average molecular weight is 332 g/mol. The molecule has 0 spiro atoms. The van der Waals surface area contributed by atoms with Crippen molar-refractivity contribution in [3.8, 4) is 0 Å². The largest absolute Gasteiger partial charge is 0.340 e. The summed E-state index contributed by atoms with van der Waals surface area (Å²) in [6.45, 7) is 9.90. The van der Waals surface area contributed by atoms with Crippen molar-refractivity contribution >= 4 is 5.91 Å². The Morgan fingerprint density at radius 2 is 1.96 bits per heavy atom. The molecule has 2 aliphatic rings. The number of nitrogens with zero attached hydrogens (tertiary/aromatic N) is 4. The second-order valence-corrected chi connectivity index (χ2v) is 7.91. The molecule has 2 fully saturated rings. The molecule has 0 N–H and O–H groups in total. The fourth-order valence-corrected chi connectivity index (χ4v) is 4.16. The number of hydrogen-bond donors (Lipinski definition) is 0. The van der Waals surface area contributed by atoms with Gasteiger partial charge in [0.15, 0.2) is 0 Å². The van der Waals surface area contributed by atoms with Crippen molar-refractivity contribution < 1.29 is 4.79 Å². The molecule has 1 amide bonds.